The molecule has 0 amide bonds. The molecule has 26 heavy (non-hydrogen) atoms. The lowest BCUT2D eigenvalue weighted by atomic mass is 10.2. The molecule has 3 rings (SSSR count). The Morgan fingerprint density at radius 1 is 0.731 bits per heavy atom. The predicted molar refractivity (Wildman–Crippen MR) is 116 cm³/mol. The number of para-hydroxylation sites is 2. The Kier molecular flexibility index (Phi) is 5.91. The molecule has 0 spiro atoms. The summed E-state index contributed by atoms with van der Waals surface area (Å²) in [6, 6.07) is 19.5. The van der Waals surface area contributed by atoms with Crippen LogP contribution in [0.4, 0.5) is 11.4 Å². The van der Waals surface area contributed by atoms with E-state index in [-0.39, 0.29) is 4.90 Å². The van der Waals surface area contributed by atoms with Crippen LogP contribution >= 0.6 is 47.8 Å². The van der Waals surface area contributed by atoms with Gasteiger partial charge in [0.05, 0.1) is 16.3 Å². The number of anilines is 2. The van der Waals surface area contributed by atoms with Crippen molar-refractivity contribution in [2.24, 2.45) is 0 Å². The molecule has 134 valence electrons. The summed E-state index contributed by atoms with van der Waals surface area (Å²) in [5, 5.41) is 0. The lowest BCUT2D eigenvalue weighted by Crippen LogP contribution is -2.27. The van der Waals surface area contributed by atoms with Gasteiger partial charge in [0, 0.05) is 13.4 Å². The average molecular weight is 560 g/mol. The van der Waals surface area contributed by atoms with Gasteiger partial charge in [-0.05, 0) is 91.1 Å². The zero-order chi connectivity index (χ0) is 18.9. The van der Waals surface area contributed by atoms with Crippen LogP contribution in [0, 0.1) is 6.92 Å². The van der Waals surface area contributed by atoms with Crippen molar-refractivity contribution in [2.75, 3.05) is 4.31 Å². The summed E-state index contributed by atoms with van der Waals surface area (Å²) >= 11 is 10.5. The Balaban J connectivity index is 2.32. The van der Waals surface area contributed by atoms with Crippen molar-refractivity contribution in [3.05, 3.63) is 85.7 Å². The molecule has 0 saturated heterocycles. The lowest BCUT2D eigenvalue weighted by Gasteiger charge is -2.27. The van der Waals surface area contributed by atoms with Crippen LogP contribution in [0.2, 0.25) is 0 Å². The number of sulfonamides is 1. The minimum atomic E-state index is -3.85. The number of aryl methyl sites for hydroxylation is 1. The van der Waals surface area contributed by atoms with E-state index in [0.29, 0.717) is 24.8 Å². The zero-order valence-electron chi connectivity index (χ0n) is 13.7. The van der Waals surface area contributed by atoms with E-state index in [2.05, 4.69) is 47.8 Å². The smallest absolute Gasteiger partial charge is 0.231 e. The zero-order valence-corrected chi connectivity index (χ0v) is 19.2. The molecule has 3 nitrogen and oxygen atoms in total. The highest BCUT2D eigenvalue weighted by Gasteiger charge is 2.30. The number of hydrogen-bond donors (Lipinski definition) is 0. The van der Waals surface area contributed by atoms with Gasteiger partial charge in [0.2, 0.25) is 0 Å². The van der Waals surface area contributed by atoms with Gasteiger partial charge in [-0.2, -0.15) is 0 Å². The van der Waals surface area contributed by atoms with Gasteiger partial charge in [-0.1, -0.05) is 35.9 Å². The van der Waals surface area contributed by atoms with Crippen molar-refractivity contribution in [1.82, 2.24) is 0 Å². The fourth-order valence-corrected chi connectivity index (χ4v) is 6.20. The Morgan fingerprint density at radius 3 is 1.85 bits per heavy atom. The second-order valence-corrected chi connectivity index (χ2v) is 9.95. The Morgan fingerprint density at radius 2 is 1.27 bits per heavy atom. The van der Waals surface area contributed by atoms with Crippen molar-refractivity contribution >= 4 is 69.2 Å². The third-order valence-corrected chi connectivity index (χ3v) is 7.45. The molecule has 0 heterocycles. The molecule has 0 saturated carbocycles. The van der Waals surface area contributed by atoms with E-state index >= 15 is 0 Å². The van der Waals surface area contributed by atoms with E-state index in [1.165, 1.54) is 4.31 Å². The molecule has 7 heteroatoms. The van der Waals surface area contributed by atoms with E-state index in [9.17, 15) is 8.42 Å². The summed E-state index contributed by atoms with van der Waals surface area (Å²) < 4.78 is 30.5. The minimum absolute atomic E-state index is 0.224. The highest BCUT2D eigenvalue weighted by Crippen LogP contribution is 2.44. The summed E-state index contributed by atoms with van der Waals surface area (Å²) in [5.41, 5.74) is 2.04. The normalized spacial score (nSPS) is 11.4. The highest BCUT2D eigenvalue weighted by atomic mass is 79.9. The molecule has 0 radical (unpaired) electrons. The average Bonchev–Trinajstić information content (AvgIpc) is 2.59. The third kappa shape index (κ3) is 3.76. The SMILES string of the molecule is Cc1ccc(S(=O)(=O)N(c2ccccc2Br)c2c(Br)cccc2Br)cc1. The molecule has 0 unspecified atom stereocenters. The number of rotatable bonds is 4. The van der Waals surface area contributed by atoms with Crippen LogP contribution < -0.4 is 4.31 Å². The van der Waals surface area contributed by atoms with Crippen LogP contribution in [0.3, 0.4) is 0 Å². The Bertz CT molecular complexity index is 1030. The maximum atomic E-state index is 13.6. The standard InChI is InChI=1S/C19H14Br3NO2S/c1-13-9-11-14(12-10-13)26(24,25)23(18-8-3-2-5-15(18)20)19-16(21)6-4-7-17(19)22/h2-12H,1H3. The highest BCUT2D eigenvalue weighted by molar-refractivity contribution is 9.11. The molecule has 3 aromatic carbocycles. The van der Waals surface area contributed by atoms with Crippen LogP contribution in [0.5, 0.6) is 0 Å². The quantitative estimate of drug-likeness (QED) is 0.352. The number of nitrogens with zero attached hydrogens (tertiary/aromatic N) is 1. The first kappa shape index (κ1) is 19.6. The monoisotopic (exact) mass is 557 g/mol. The molecular formula is C19H14Br3NO2S. The van der Waals surface area contributed by atoms with Crippen LogP contribution in [0.25, 0.3) is 0 Å². The first-order chi connectivity index (χ1) is 12.3. The van der Waals surface area contributed by atoms with Crippen LogP contribution in [-0.2, 0) is 10.0 Å². The number of benzene rings is 3. The molecule has 0 aliphatic rings. The summed E-state index contributed by atoms with van der Waals surface area (Å²) in [5.74, 6) is 0. The summed E-state index contributed by atoms with van der Waals surface area (Å²) in [6.07, 6.45) is 0. The molecule has 0 aromatic heterocycles. The number of hydrogen-bond acceptors (Lipinski definition) is 2. The fraction of sp³-hybridized carbons (Fsp3) is 0.0526. The maximum Gasteiger partial charge on any atom is 0.268 e. The molecule has 0 N–H and O–H groups in total. The second-order valence-electron chi connectivity index (χ2n) is 5.60. The molecule has 0 atom stereocenters. The van der Waals surface area contributed by atoms with Crippen LogP contribution in [0.15, 0.2) is 85.0 Å². The van der Waals surface area contributed by atoms with Gasteiger partial charge in [0.25, 0.3) is 10.0 Å². The van der Waals surface area contributed by atoms with E-state index in [4.69, 9.17) is 0 Å². The van der Waals surface area contributed by atoms with Crippen molar-refractivity contribution < 1.29 is 8.42 Å². The molecule has 0 aliphatic heterocycles. The van der Waals surface area contributed by atoms with Crippen LogP contribution in [-0.4, -0.2) is 8.42 Å². The van der Waals surface area contributed by atoms with Crippen molar-refractivity contribution in [1.29, 1.82) is 0 Å². The summed E-state index contributed by atoms with van der Waals surface area (Å²) in [6.45, 7) is 1.92. The van der Waals surface area contributed by atoms with Gasteiger partial charge in [0.15, 0.2) is 0 Å². The largest absolute Gasteiger partial charge is 0.268 e. The first-order valence-electron chi connectivity index (χ1n) is 7.63. The topological polar surface area (TPSA) is 37.4 Å². The van der Waals surface area contributed by atoms with Crippen LogP contribution in [0.1, 0.15) is 5.56 Å². The Hall–Kier alpha value is -1.15. The summed E-state index contributed by atoms with van der Waals surface area (Å²) in [4.78, 5) is 0.224. The molecule has 0 aliphatic carbocycles. The Labute approximate surface area is 178 Å². The fourth-order valence-electron chi connectivity index (χ4n) is 2.49. The van der Waals surface area contributed by atoms with E-state index in [0.717, 1.165) is 5.56 Å². The molecule has 0 bridgehead atoms. The maximum absolute atomic E-state index is 13.6. The van der Waals surface area contributed by atoms with Gasteiger partial charge in [-0.15, -0.1) is 0 Å². The second kappa shape index (κ2) is 7.84. The van der Waals surface area contributed by atoms with Crippen molar-refractivity contribution in [2.45, 2.75) is 11.8 Å². The van der Waals surface area contributed by atoms with Gasteiger partial charge in [0.1, 0.15) is 0 Å². The van der Waals surface area contributed by atoms with E-state index in [1.54, 1.807) is 30.3 Å². The predicted octanol–water partition coefficient (Wildman–Crippen LogP) is 6.81. The van der Waals surface area contributed by atoms with Gasteiger partial charge < -0.3 is 0 Å². The minimum Gasteiger partial charge on any atom is -0.231 e. The first-order valence-corrected chi connectivity index (χ1v) is 11.4. The lowest BCUT2D eigenvalue weighted by molar-refractivity contribution is 0.596. The van der Waals surface area contributed by atoms with E-state index < -0.39 is 10.0 Å². The van der Waals surface area contributed by atoms with Gasteiger partial charge in [-0.25, -0.2) is 12.7 Å². The van der Waals surface area contributed by atoms with Gasteiger partial charge >= 0.3 is 0 Å². The summed E-state index contributed by atoms with van der Waals surface area (Å²) in [7, 11) is -3.85. The number of halogens is 3. The van der Waals surface area contributed by atoms with Gasteiger partial charge in [-0.3, -0.25) is 0 Å². The van der Waals surface area contributed by atoms with E-state index in [1.807, 2.05) is 43.3 Å². The molecule has 3 aromatic rings. The van der Waals surface area contributed by atoms with Crippen molar-refractivity contribution in [3.8, 4) is 0 Å². The van der Waals surface area contributed by atoms with Crippen molar-refractivity contribution in [3.63, 3.8) is 0 Å². The molecular weight excluding hydrogens is 546 g/mol. The molecule has 0 fully saturated rings. The third-order valence-electron chi connectivity index (χ3n) is 3.77.